The highest BCUT2D eigenvalue weighted by molar-refractivity contribution is 7.91. The van der Waals surface area contributed by atoms with Crippen molar-refractivity contribution < 1.29 is 27.9 Å². The number of carbonyl (C=O) groups is 1. The van der Waals surface area contributed by atoms with Crippen LogP contribution in [0, 0.1) is 6.92 Å². The molecule has 1 aromatic heterocycles. The minimum atomic E-state index is -3.97. The lowest BCUT2D eigenvalue weighted by Gasteiger charge is -2.40. The molecule has 1 aromatic carbocycles. The predicted molar refractivity (Wildman–Crippen MR) is 141 cm³/mol. The molecule has 10 nitrogen and oxygen atoms in total. The maximum Gasteiger partial charge on any atom is 0.266 e. The van der Waals surface area contributed by atoms with Gasteiger partial charge in [0.2, 0.25) is 15.9 Å². The second kappa shape index (κ2) is 12.5. The summed E-state index contributed by atoms with van der Waals surface area (Å²) in [6, 6.07) is 11.9. The number of nitrogens with two attached hydrogens (primary N) is 1. The highest BCUT2D eigenvalue weighted by atomic mass is 35.5. The Morgan fingerprint density at radius 2 is 1.95 bits per heavy atom. The summed E-state index contributed by atoms with van der Waals surface area (Å²) in [5, 5.41) is 9.25. The fourth-order valence-corrected chi connectivity index (χ4v) is 7.27. The van der Waals surface area contributed by atoms with Crippen molar-refractivity contribution in [1.82, 2.24) is 14.8 Å². The van der Waals surface area contributed by atoms with Gasteiger partial charge in [0.15, 0.2) is 4.75 Å². The Balaban J connectivity index is 0.00000380. The molecule has 2 aliphatic rings. The minimum absolute atomic E-state index is 0. The van der Waals surface area contributed by atoms with Crippen LogP contribution in [0.5, 0.6) is 5.88 Å². The van der Waals surface area contributed by atoms with E-state index in [0.717, 1.165) is 22.4 Å². The Morgan fingerprint density at radius 1 is 1.24 bits per heavy atom. The number of amides is 1. The van der Waals surface area contributed by atoms with Crippen LogP contribution in [0.4, 0.5) is 0 Å². The molecule has 0 bridgehead atoms. The summed E-state index contributed by atoms with van der Waals surface area (Å²) in [7, 11) is -3.97. The fourth-order valence-electron chi connectivity index (χ4n) is 5.12. The Bertz CT molecular complexity index is 1180. The van der Waals surface area contributed by atoms with Gasteiger partial charge in [0.1, 0.15) is 6.61 Å². The van der Waals surface area contributed by atoms with Gasteiger partial charge in [0.05, 0.1) is 5.69 Å². The molecule has 2 fully saturated rings. The fraction of sp³-hybridized carbons (Fsp3) is 0.520. The first-order valence-corrected chi connectivity index (χ1v) is 13.7. The molecule has 0 radical (unpaired) electrons. The molecular formula is C25H35ClN4O6S. The summed E-state index contributed by atoms with van der Waals surface area (Å²) in [5.74, 6) is -0.147. The summed E-state index contributed by atoms with van der Waals surface area (Å²) in [5.41, 5.74) is 11.1. The molecule has 0 aliphatic carbocycles. The van der Waals surface area contributed by atoms with Crippen LogP contribution in [-0.4, -0.2) is 73.0 Å². The van der Waals surface area contributed by atoms with Crippen LogP contribution in [0.2, 0.25) is 0 Å². The van der Waals surface area contributed by atoms with Crippen molar-refractivity contribution in [2.24, 2.45) is 5.73 Å². The monoisotopic (exact) mass is 554 g/mol. The van der Waals surface area contributed by atoms with Crippen molar-refractivity contribution in [1.29, 1.82) is 0 Å². The van der Waals surface area contributed by atoms with Crippen molar-refractivity contribution >= 4 is 28.3 Å². The third kappa shape index (κ3) is 5.92. The zero-order valence-electron chi connectivity index (χ0n) is 20.9. The first-order chi connectivity index (χ1) is 17.3. The molecule has 2 aromatic rings. The lowest BCUT2D eigenvalue weighted by Crippen LogP contribution is -2.60. The van der Waals surface area contributed by atoms with Gasteiger partial charge in [-0.15, -0.1) is 12.4 Å². The van der Waals surface area contributed by atoms with Gasteiger partial charge in [-0.25, -0.2) is 23.2 Å². The van der Waals surface area contributed by atoms with E-state index in [1.165, 1.54) is 4.31 Å². The molecule has 0 atom stereocenters. The number of halogens is 1. The molecule has 0 unspecified atom stereocenters. The SMILES string of the molecule is Cc1cc(C2CCN(S(=O)(=O)C3(C(=O)NO)CCOCC3)CC2)ccc1-c1cccc(OCCN)n1.Cl. The van der Waals surface area contributed by atoms with Crippen molar-refractivity contribution in [2.45, 2.75) is 43.3 Å². The minimum Gasteiger partial charge on any atom is -0.476 e. The number of nitrogens with zero attached hydrogens (tertiary/aromatic N) is 2. The number of rotatable bonds is 8. The number of benzene rings is 1. The van der Waals surface area contributed by atoms with E-state index in [0.29, 0.717) is 45.0 Å². The van der Waals surface area contributed by atoms with Crippen LogP contribution < -0.4 is 16.0 Å². The molecule has 4 N–H and O–H groups in total. The Labute approximate surface area is 224 Å². The number of aromatic nitrogens is 1. The number of ether oxygens (including phenoxy) is 2. The first-order valence-electron chi connectivity index (χ1n) is 12.3. The summed E-state index contributed by atoms with van der Waals surface area (Å²) >= 11 is 0. The second-order valence-electron chi connectivity index (χ2n) is 9.30. The Kier molecular flexibility index (Phi) is 9.90. The summed E-state index contributed by atoms with van der Waals surface area (Å²) in [6.07, 6.45) is 1.33. The molecule has 0 spiro atoms. The molecule has 2 saturated heterocycles. The van der Waals surface area contributed by atoms with E-state index in [1.807, 2.05) is 25.1 Å². The molecule has 1 amide bonds. The van der Waals surface area contributed by atoms with Crippen LogP contribution in [0.1, 0.15) is 42.7 Å². The van der Waals surface area contributed by atoms with E-state index >= 15 is 0 Å². The molecule has 12 heteroatoms. The van der Waals surface area contributed by atoms with E-state index in [9.17, 15) is 18.4 Å². The van der Waals surface area contributed by atoms with E-state index in [-0.39, 0.29) is 44.4 Å². The quantitative estimate of drug-likeness (QED) is 0.333. The Hall–Kier alpha value is -2.28. The van der Waals surface area contributed by atoms with Gasteiger partial charge in [-0.3, -0.25) is 10.0 Å². The van der Waals surface area contributed by atoms with Gasteiger partial charge in [0, 0.05) is 57.3 Å². The average molecular weight is 555 g/mol. The van der Waals surface area contributed by atoms with Crippen LogP contribution >= 0.6 is 12.4 Å². The highest BCUT2D eigenvalue weighted by Gasteiger charge is 2.54. The molecule has 3 heterocycles. The van der Waals surface area contributed by atoms with Gasteiger partial charge < -0.3 is 15.2 Å². The maximum atomic E-state index is 13.5. The lowest BCUT2D eigenvalue weighted by molar-refractivity contribution is -0.134. The molecule has 0 saturated carbocycles. The van der Waals surface area contributed by atoms with Crippen LogP contribution in [-0.2, 0) is 19.6 Å². The number of sulfonamides is 1. The normalized spacial score (nSPS) is 18.6. The van der Waals surface area contributed by atoms with Crippen LogP contribution in [0.3, 0.4) is 0 Å². The number of carbonyl (C=O) groups excluding carboxylic acids is 1. The zero-order chi connectivity index (χ0) is 25.8. The van der Waals surface area contributed by atoms with Gasteiger partial charge in [-0.2, -0.15) is 0 Å². The smallest absolute Gasteiger partial charge is 0.266 e. The summed E-state index contributed by atoms with van der Waals surface area (Å²) < 4.78 is 37.6. The van der Waals surface area contributed by atoms with Gasteiger partial charge >= 0.3 is 0 Å². The number of pyridine rings is 1. The van der Waals surface area contributed by atoms with Crippen LogP contribution in [0.15, 0.2) is 36.4 Å². The van der Waals surface area contributed by atoms with E-state index in [1.54, 1.807) is 11.5 Å². The molecule has 4 rings (SSSR count). The van der Waals surface area contributed by atoms with Crippen molar-refractivity contribution in [3.8, 4) is 17.1 Å². The van der Waals surface area contributed by atoms with Gasteiger partial charge in [-0.05, 0) is 42.9 Å². The van der Waals surface area contributed by atoms with E-state index < -0.39 is 20.7 Å². The summed E-state index contributed by atoms with van der Waals surface area (Å²) in [4.78, 5) is 17.1. The first kappa shape index (κ1) is 29.3. The standard InChI is InChI=1S/C25H34N4O6S.ClH/c1-18-17-20(5-6-21(18)22-3-2-4-23(27-22)35-16-11-26)19-7-12-29(13-8-19)36(32,33)25(24(30)28-31)9-14-34-15-10-25;/h2-6,17,19,31H,7-16,26H2,1H3,(H,28,30);1H. The highest BCUT2D eigenvalue weighted by Crippen LogP contribution is 2.37. The van der Waals surface area contributed by atoms with Crippen molar-refractivity contribution in [3.05, 3.63) is 47.5 Å². The van der Waals surface area contributed by atoms with E-state index in [4.69, 9.17) is 15.2 Å². The number of hydroxylamine groups is 1. The number of piperidine rings is 1. The molecular weight excluding hydrogens is 520 g/mol. The summed E-state index contributed by atoms with van der Waals surface area (Å²) in [6.45, 7) is 3.81. The maximum absolute atomic E-state index is 13.5. The van der Waals surface area contributed by atoms with Crippen LogP contribution in [0.25, 0.3) is 11.3 Å². The Morgan fingerprint density at radius 3 is 2.57 bits per heavy atom. The third-order valence-electron chi connectivity index (χ3n) is 7.19. The zero-order valence-corrected chi connectivity index (χ0v) is 22.5. The third-order valence-corrected chi connectivity index (χ3v) is 9.82. The molecule has 2 aliphatic heterocycles. The lowest BCUT2D eigenvalue weighted by atomic mass is 9.88. The van der Waals surface area contributed by atoms with Gasteiger partial charge in [0.25, 0.3) is 5.91 Å². The number of aryl methyl sites for hydroxylation is 1. The average Bonchev–Trinajstić information content (AvgIpc) is 2.91. The number of nitrogens with one attached hydrogen (secondary N) is 1. The molecule has 37 heavy (non-hydrogen) atoms. The largest absolute Gasteiger partial charge is 0.476 e. The van der Waals surface area contributed by atoms with Crippen molar-refractivity contribution in [3.63, 3.8) is 0 Å². The second-order valence-corrected chi connectivity index (χ2v) is 11.5. The van der Waals surface area contributed by atoms with Gasteiger partial charge in [-0.1, -0.05) is 24.3 Å². The van der Waals surface area contributed by atoms with E-state index in [2.05, 4.69) is 17.1 Å². The predicted octanol–water partition coefficient (Wildman–Crippen LogP) is 2.38. The topological polar surface area (TPSA) is 144 Å². The number of hydrogen-bond acceptors (Lipinski definition) is 8. The van der Waals surface area contributed by atoms with Crippen molar-refractivity contribution in [2.75, 3.05) is 39.5 Å². The number of hydrogen-bond donors (Lipinski definition) is 3. The molecule has 204 valence electrons.